The lowest BCUT2D eigenvalue weighted by Gasteiger charge is -2.24. The highest BCUT2D eigenvalue weighted by molar-refractivity contribution is 5.95. The number of likely N-dealkylation sites (tertiary alicyclic amines) is 1. The standard InChI is InChI=1S/C17H22N2O2/c1-3-21-17(20)16-11-14-10-13(6-7-15(14)18-16)12(2)19-8-4-5-9-19/h6-7,10-12,18H,3-5,8-9H2,1-2H3. The number of fused-ring (bicyclic) bond motifs is 1. The van der Waals surface area contributed by atoms with E-state index in [1.54, 1.807) is 0 Å². The topological polar surface area (TPSA) is 45.3 Å². The van der Waals surface area contributed by atoms with Crippen LogP contribution in [0.3, 0.4) is 0 Å². The minimum atomic E-state index is -0.289. The summed E-state index contributed by atoms with van der Waals surface area (Å²) in [5.41, 5.74) is 2.81. The van der Waals surface area contributed by atoms with Crippen LogP contribution in [0.1, 0.15) is 48.8 Å². The van der Waals surface area contributed by atoms with Crippen LogP contribution >= 0.6 is 0 Å². The molecule has 1 aliphatic rings. The average molecular weight is 286 g/mol. The zero-order chi connectivity index (χ0) is 14.8. The first-order valence-corrected chi connectivity index (χ1v) is 7.73. The maximum atomic E-state index is 11.8. The fraction of sp³-hybridized carbons (Fsp3) is 0.471. The maximum Gasteiger partial charge on any atom is 0.354 e. The first-order valence-electron chi connectivity index (χ1n) is 7.73. The van der Waals surface area contributed by atoms with Gasteiger partial charge >= 0.3 is 5.97 Å². The van der Waals surface area contributed by atoms with E-state index in [-0.39, 0.29) is 5.97 Å². The van der Waals surface area contributed by atoms with Gasteiger partial charge in [0.1, 0.15) is 5.69 Å². The molecule has 2 heterocycles. The zero-order valence-corrected chi connectivity index (χ0v) is 12.7. The summed E-state index contributed by atoms with van der Waals surface area (Å²) in [6, 6.07) is 8.69. The third kappa shape index (κ3) is 2.81. The van der Waals surface area contributed by atoms with Crippen molar-refractivity contribution in [2.45, 2.75) is 32.7 Å². The highest BCUT2D eigenvalue weighted by Crippen LogP contribution is 2.27. The molecule has 1 atom stereocenters. The molecule has 2 aromatic rings. The Balaban J connectivity index is 1.87. The largest absolute Gasteiger partial charge is 0.461 e. The molecule has 1 saturated heterocycles. The second-order valence-corrected chi connectivity index (χ2v) is 5.67. The molecule has 0 bridgehead atoms. The number of aromatic nitrogens is 1. The van der Waals surface area contributed by atoms with Gasteiger partial charge in [0.05, 0.1) is 6.61 Å². The number of rotatable bonds is 4. The Morgan fingerprint density at radius 1 is 1.33 bits per heavy atom. The molecule has 1 aliphatic heterocycles. The molecule has 1 N–H and O–H groups in total. The van der Waals surface area contributed by atoms with Gasteiger partial charge in [-0.1, -0.05) is 6.07 Å². The van der Waals surface area contributed by atoms with Crippen molar-refractivity contribution in [3.63, 3.8) is 0 Å². The van der Waals surface area contributed by atoms with E-state index >= 15 is 0 Å². The van der Waals surface area contributed by atoms with Crippen LogP contribution in [0.2, 0.25) is 0 Å². The predicted molar refractivity (Wildman–Crippen MR) is 83.5 cm³/mol. The lowest BCUT2D eigenvalue weighted by molar-refractivity contribution is 0.0520. The molecular weight excluding hydrogens is 264 g/mol. The van der Waals surface area contributed by atoms with Crippen LogP contribution in [-0.2, 0) is 4.74 Å². The Kier molecular flexibility index (Phi) is 3.97. The number of hydrogen-bond donors (Lipinski definition) is 1. The molecule has 1 unspecified atom stereocenters. The highest BCUT2D eigenvalue weighted by atomic mass is 16.5. The molecule has 1 aromatic heterocycles. The van der Waals surface area contributed by atoms with Crippen LogP contribution in [0.15, 0.2) is 24.3 Å². The fourth-order valence-electron chi connectivity index (χ4n) is 3.07. The van der Waals surface area contributed by atoms with Gasteiger partial charge in [-0.2, -0.15) is 0 Å². The molecule has 4 heteroatoms. The number of aromatic amines is 1. The van der Waals surface area contributed by atoms with Crippen molar-refractivity contribution >= 4 is 16.9 Å². The molecule has 4 nitrogen and oxygen atoms in total. The lowest BCUT2D eigenvalue weighted by atomic mass is 10.1. The number of benzene rings is 1. The Morgan fingerprint density at radius 2 is 2.10 bits per heavy atom. The summed E-state index contributed by atoms with van der Waals surface area (Å²) in [7, 11) is 0. The molecule has 112 valence electrons. The minimum absolute atomic E-state index is 0.289. The number of esters is 1. The van der Waals surface area contributed by atoms with E-state index < -0.39 is 0 Å². The Hall–Kier alpha value is -1.81. The van der Waals surface area contributed by atoms with E-state index in [1.165, 1.54) is 31.5 Å². The molecule has 0 spiro atoms. The molecule has 21 heavy (non-hydrogen) atoms. The summed E-state index contributed by atoms with van der Waals surface area (Å²) in [6.45, 7) is 6.83. The summed E-state index contributed by atoms with van der Waals surface area (Å²) >= 11 is 0. The smallest absolute Gasteiger partial charge is 0.354 e. The van der Waals surface area contributed by atoms with Crippen LogP contribution in [0, 0.1) is 0 Å². The van der Waals surface area contributed by atoms with Gasteiger partial charge in [-0.25, -0.2) is 4.79 Å². The van der Waals surface area contributed by atoms with Crippen LogP contribution in [0.5, 0.6) is 0 Å². The molecule has 3 rings (SSSR count). The summed E-state index contributed by atoms with van der Waals surface area (Å²) < 4.78 is 5.04. The molecule has 1 fully saturated rings. The monoisotopic (exact) mass is 286 g/mol. The van der Waals surface area contributed by atoms with Crippen LogP contribution in [0.4, 0.5) is 0 Å². The van der Waals surface area contributed by atoms with Crippen molar-refractivity contribution < 1.29 is 9.53 Å². The quantitative estimate of drug-likeness (QED) is 0.875. The Bertz CT molecular complexity index is 641. The fourth-order valence-corrected chi connectivity index (χ4v) is 3.07. The number of H-pyrrole nitrogens is 1. The second-order valence-electron chi connectivity index (χ2n) is 5.67. The number of carbonyl (C=O) groups excluding carboxylic acids is 1. The van der Waals surface area contributed by atoms with Crippen molar-refractivity contribution in [2.75, 3.05) is 19.7 Å². The SMILES string of the molecule is CCOC(=O)c1cc2cc(C(C)N3CCCC3)ccc2[nH]1. The Morgan fingerprint density at radius 3 is 2.81 bits per heavy atom. The van der Waals surface area contributed by atoms with Crippen LogP contribution in [-0.4, -0.2) is 35.5 Å². The first-order chi connectivity index (χ1) is 10.2. The van der Waals surface area contributed by atoms with Crippen molar-refractivity contribution in [3.8, 4) is 0 Å². The summed E-state index contributed by atoms with van der Waals surface area (Å²) in [4.78, 5) is 17.4. The van der Waals surface area contributed by atoms with E-state index in [4.69, 9.17) is 4.74 Å². The Labute approximate surface area is 125 Å². The second kappa shape index (κ2) is 5.90. The van der Waals surface area contributed by atoms with Crippen molar-refractivity contribution in [1.82, 2.24) is 9.88 Å². The summed E-state index contributed by atoms with van der Waals surface area (Å²) in [6.07, 6.45) is 2.59. The van der Waals surface area contributed by atoms with Gasteiger partial charge in [-0.05, 0) is 63.5 Å². The van der Waals surface area contributed by atoms with Gasteiger partial charge in [0.15, 0.2) is 0 Å². The predicted octanol–water partition coefficient (Wildman–Crippen LogP) is 3.50. The zero-order valence-electron chi connectivity index (χ0n) is 12.7. The van der Waals surface area contributed by atoms with Crippen molar-refractivity contribution in [2.24, 2.45) is 0 Å². The van der Waals surface area contributed by atoms with Crippen molar-refractivity contribution in [3.05, 3.63) is 35.5 Å². The number of nitrogens with zero attached hydrogens (tertiary/aromatic N) is 1. The first kappa shape index (κ1) is 14.1. The number of nitrogens with one attached hydrogen (secondary N) is 1. The van der Waals surface area contributed by atoms with Crippen LogP contribution < -0.4 is 0 Å². The number of hydrogen-bond acceptors (Lipinski definition) is 3. The van der Waals surface area contributed by atoms with Crippen LogP contribution in [0.25, 0.3) is 10.9 Å². The van der Waals surface area contributed by atoms with Gasteiger partial charge in [-0.3, -0.25) is 4.90 Å². The summed E-state index contributed by atoms with van der Waals surface area (Å²) in [5.74, 6) is -0.289. The van der Waals surface area contributed by atoms with Gasteiger partial charge in [0, 0.05) is 16.9 Å². The summed E-state index contributed by atoms with van der Waals surface area (Å²) in [5, 5.41) is 1.07. The normalized spacial score (nSPS) is 17.2. The molecule has 0 amide bonds. The minimum Gasteiger partial charge on any atom is -0.461 e. The molecular formula is C17H22N2O2. The average Bonchev–Trinajstić information content (AvgIpc) is 3.15. The van der Waals surface area contributed by atoms with E-state index in [2.05, 4.69) is 35.0 Å². The number of carbonyl (C=O) groups is 1. The van der Waals surface area contributed by atoms with E-state index in [0.29, 0.717) is 18.3 Å². The highest BCUT2D eigenvalue weighted by Gasteiger charge is 2.20. The van der Waals surface area contributed by atoms with Gasteiger partial charge in [0.2, 0.25) is 0 Å². The molecule has 1 aromatic carbocycles. The van der Waals surface area contributed by atoms with Crippen molar-refractivity contribution in [1.29, 1.82) is 0 Å². The van der Waals surface area contributed by atoms with Gasteiger partial charge in [-0.15, -0.1) is 0 Å². The van der Waals surface area contributed by atoms with Gasteiger partial charge < -0.3 is 9.72 Å². The lowest BCUT2D eigenvalue weighted by Crippen LogP contribution is -2.23. The molecule has 0 saturated carbocycles. The third-order valence-electron chi connectivity index (χ3n) is 4.31. The molecule has 0 radical (unpaired) electrons. The molecule has 0 aliphatic carbocycles. The van der Waals surface area contributed by atoms with Gasteiger partial charge in [0.25, 0.3) is 0 Å². The van der Waals surface area contributed by atoms with E-state index in [9.17, 15) is 4.79 Å². The van der Waals surface area contributed by atoms with E-state index in [1.807, 2.05) is 13.0 Å². The van der Waals surface area contributed by atoms with E-state index in [0.717, 1.165) is 10.9 Å². The number of ether oxygens (including phenoxy) is 1. The maximum absolute atomic E-state index is 11.8. The third-order valence-corrected chi connectivity index (χ3v) is 4.31.